The Bertz CT molecular complexity index is 307. The van der Waals surface area contributed by atoms with E-state index in [2.05, 4.69) is 28.2 Å². The third-order valence-corrected chi connectivity index (χ3v) is 2.52. The third kappa shape index (κ3) is 4.62. The van der Waals surface area contributed by atoms with E-state index in [1.807, 2.05) is 0 Å². The van der Waals surface area contributed by atoms with Crippen LogP contribution >= 0.6 is 15.9 Å². The number of nitrogens with one attached hydrogen (secondary N) is 1. The van der Waals surface area contributed by atoms with Crippen LogP contribution in [0.15, 0.2) is 22.7 Å². The van der Waals surface area contributed by atoms with Gasteiger partial charge in [-0.2, -0.15) is 0 Å². The molecular weight excluding hydrogens is 261 g/mol. The first-order chi connectivity index (χ1) is 7.24. The van der Waals surface area contributed by atoms with Gasteiger partial charge in [0.2, 0.25) is 0 Å². The molecule has 0 bridgehead atoms. The second kappa shape index (κ2) is 6.80. The van der Waals surface area contributed by atoms with Crippen molar-refractivity contribution in [2.75, 3.05) is 19.7 Å². The zero-order valence-corrected chi connectivity index (χ0v) is 10.3. The van der Waals surface area contributed by atoms with Crippen LogP contribution < -0.4 is 10.1 Å². The molecule has 0 saturated heterocycles. The second-order valence-electron chi connectivity index (χ2n) is 3.13. The Morgan fingerprint density at radius 1 is 1.47 bits per heavy atom. The van der Waals surface area contributed by atoms with Crippen LogP contribution in [0.3, 0.4) is 0 Å². The number of ether oxygens (including phenoxy) is 1. The van der Waals surface area contributed by atoms with Crippen molar-refractivity contribution >= 4 is 15.9 Å². The van der Waals surface area contributed by atoms with Gasteiger partial charge in [0, 0.05) is 0 Å². The summed E-state index contributed by atoms with van der Waals surface area (Å²) in [5.41, 5.74) is 0. The fourth-order valence-corrected chi connectivity index (χ4v) is 1.61. The Kier molecular flexibility index (Phi) is 5.65. The molecule has 0 heterocycles. The molecule has 2 nitrogen and oxygen atoms in total. The van der Waals surface area contributed by atoms with Crippen molar-refractivity contribution in [3.05, 3.63) is 28.5 Å². The number of hydrogen-bond acceptors (Lipinski definition) is 2. The van der Waals surface area contributed by atoms with Gasteiger partial charge in [0.1, 0.15) is 11.6 Å². The maximum absolute atomic E-state index is 12.7. The predicted molar refractivity (Wildman–Crippen MR) is 62.8 cm³/mol. The van der Waals surface area contributed by atoms with Gasteiger partial charge < -0.3 is 10.1 Å². The summed E-state index contributed by atoms with van der Waals surface area (Å²) in [7, 11) is 0. The van der Waals surface area contributed by atoms with Gasteiger partial charge >= 0.3 is 0 Å². The van der Waals surface area contributed by atoms with Crippen LogP contribution in [0.25, 0.3) is 0 Å². The minimum absolute atomic E-state index is 0.262. The van der Waals surface area contributed by atoms with Gasteiger partial charge in [0.05, 0.1) is 11.1 Å². The van der Waals surface area contributed by atoms with E-state index >= 15 is 0 Å². The van der Waals surface area contributed by atoms with Crippen LogP contribution in [-0.4, -0.2) is 19.7 Å². The summed E-state index contributed by atoms with van der Waals surface area (Å²) in [6.07, 6.45) is 0.942. The SMILES string of the molecule is CCNCCCOc1ccc(F)cc1Br. The summed E-state index contributed by atoms with van der Waals surface area (Å²) in [6.45, 7) is 4.62. The van der Waals surface area contributed by atoms with Crippen molar-refractivity contribution in [3.63, 3.8) is 0 Å². The number of benzene rings is 1. The Morgan fingerprint density at radius 3 is 2.93 bits per heavy atom. The summed E-state index contributed by atoms with van der Waals surface area (Å²) in [6, 6.07) is 4.43. The maximum atomic E-state index is 12.7. The van der Waals surface area contributed by atoms with Crippen LogP contribution in [0, 0.1) is 5.82 Å². The molecule has 0 fully saturated rings. The molecule has 1 N–H and O–H groups in total. The molecule has 84 valence electrons. The van der Waals surface area contributed by atoms with Crippen molar-refractivity contribution in [3.8, 4) is 5.75 Å². The molecule has 1 rings (SSSR count). The molecule has 0 aliphatic carbocycles. The molecule has 0 spiro atoms. The highest BCUT2D eigenvalue weighted by Gasteiger charge is 2.01. The molecule has 0 atom stereocenters. The van der Waals surface area contributed by atoms with Gasteiger partial charge in [0.15, 0.2) is 0 Å². The highest BCUT2D eigenvalue weighted by Crippen LogP contribution is 2.25. The standard InChI is InChI=1S/C11H15BrFNO/c1-2-14-6-3-7-15-11-5-4-9(13)8-10(11)12/h4-5,8,14H,2-3,6-7H2,1H3. The van der Waals surface area contributed by atoms with E-state index in [-0.39, 0.29) is 5.82 Å². The number of rotatable bonds is 6. The summed E-state index contributed by atoms with van der Waals surface area (Å²) >= 11 is 3.25. The Morgan fingerprint density at radius 2 is 2.27 bits per heavy atom. The fraction of sp³-hybridized carbons (Fsp3) is 0.455. The molecule has 0 radical (unpaired) electrons. The molecule has 0 unspecified atom stereocenters. The lowest BCUT2D eigenvalue weighted by Gasteiger charge is -2.08. The van der Waals surface area contributed by atoms with E-state index < -0.39 is 0 Å². The fourth-order valence-electron chi connectivity index (χ4n) is 1.15. The predicted octanol–water partition coefficient (Wildman–Crippen LogP) is 2.97. The summed E-state index contributed by atoms with van der Waals surface area (Å²) in [5, 5.41) is 3.21. The molecular formula is C11H15BrFNO. The summed E-state index contributed by atoms with van der Waals surface area (Å²) < 4.78 is 18.9. The van der Waals surface area contributed by atoms with E-state index in [0.29, 0.717) is 16.8 Å². The zero-order valence-electron chi connectivity index (χ0n) is 8.72. The quantitative estimate of drug-likeness (QED) is 0.806. The second-order valence-corrected chi connectivity index (χ2v) is 3.98. The van der Waals surface area contributed by atoms with Crippen LogP contribution in [0.2, 0.25) is 0 Å². The van der Waals surface area contributed by atoms with E-state index in [0.717, 1.165) is 19.5 Å². The van der Waals surface area contributed by atoms with Crippen molar-refractivity contribution in [1.29, 1.82) is 0 Å². The topological polar surface area (TPSA) is 21.3 Å². The first kappa shape index (κ1) is 12.5. The molecule has 0 aromatic heterocycles. The monoisotopic (exact) mass is 275 g/mol. The van der Waals surface area contributed by atoms with Crippen LogP contribution in [-0.2, 0) is 0 Å². The normalized spacial score (nSPS) is 10.3. The Hall–Kier alpha value is -0.610. The summed E-state index contributed by atoms with van der Waals surface area (Å²) in [4.78, 5) is 0. The lowest BCUT2D eigenvalue weighted by atomic mass is 10.3. The minimum atomic E-state index is -0.262. The smallest absolute Gasteiger partial charge is 0.133 e. The average molecular weight is 276 g/mol. The van der Waals surface area contributed by atoms with E-state index in [4.69, 9.17) is 4.74 Å². The van der Waals surface area contributed by atoms with Gasteiger partial charge in [0.25, 0.3) is 0 Å². The van der Waals surface area contributed by atoms with Gasteiger partial charge in [-0.1, -0.05) is 6.92 Å². The number of halogens is 2. The lowest BCUT2D eigenvalue weighted by molar-refractivity contribution is 0.306. The first-order valence-electron chi connectivity index (χ1n) is 5.02. The molecule has 0 amide bonds. The number of hydrogen-bond donors (Lipinski definition) is 1. The lowest BCUT2D eigenvalue weighted by Crippen LogP contribution is -2.16. The van der Waals surface area contributed by atoms with Crippen molar-refractivity contribution < 1.29 is 9.13 Å². The molecule has 15 heavy (non-hydrogen) atoms. The van der Waals surface area contributed by atoms with E-state index in [9.17, 15) is 4.39 Å². The van der Waals surface area contributed by atoms with E-state index in [1.165, 1.54) is 12.1 Å². The van der Waals surface area contributed by atoms with Crippen LogP contribution in [0.4, 0.5) is 4.39 Å². The minimum Gasteiger partial charge on any atom is -0.492 e. The zero-order chi connectivity index (χ0) is 11.1. The molecule has 1 aromatic carbocycles. The largest absolute Gasteiger partial charge is 0.492 e. The van der Waals surface area contributed by atoms with Crippen molar-refractivity contribution in [1.82, 2.24) is 5.32 Å². The van der Waals surface area contributed by atoms with Crippen molar-refractivity contribution in [2.24, 2.45) is 0 Å². The van der Waals surface area contributed by atoms with Crippen LogP contribution in [0.5, 0.6) is 5.75 Å². The molecule has 0 aliphatic rings. The van der Waals surface area contributed by atoms with Gasteiger partial charge in [-0.3, -0.25) is 0 Å². The maximum Gasteiger partial charge on any atom is 0.133 e. The molecule has 0 aliphatic heterocycles. The molecule has 0 saturated carbocycles. The molecule has 1 aromatic rings. The highest BCUT2D eigenvalue weighted by atomic mass is 79.9. The Labute approximate surface area is 98.0 Å². The van der Waals surface area contributed by atoms with Gasteiger partial charge in [-0.25, -0.2) is 4.39 Å². The summed E-state index contributed by atoms with van der Waals surface area (Å²) in [5.74, 6) is 0.426. The van der Waals surface area contributed by atoms with Crippen molar-refractivity contribution in [2.45, 2.75) is 13.3 Å². The molecule has 4 heteroatoms. The first-order valence-corrected chi connectivity index (χ1v) is 5.82. The van der Waals surface area contributed by atoms with E-state index in [1.54, 1.807) is 6.07 Å². The Balaban J connectivity index is 2.31. The van der Waals surface area contributed by atoms with Crippen LogP contribution in [0.1, 0.15) is 13.3 Å². The van der Waals surface area contributed by atoms with Gasteiger partial charge in [-0.15, -0.1) is 0 Å². The average Bonchev–Trinajstić information content (AvgIpc) is 2.20. The third-order valence-electron chi connectivity index (χ3n) is 1.90. The van der Waals surface area contributed by atoms with Gasteiger partial charge in [-0.05, 0) is 53.6 Å². The highest BCUT2D eigenvalue weighted by molar-refractivity contribution is 9.10.